The van der Waals surface area contributed by atoms with Crippen molar-refractivity contribution in [3.8, 4) is 0 Å². The van der Waals surface area contributed by atoms with Gasteiger partial charge in [-0.2, -0.15) is 4.98 Å². The predicted octanol–water partition coefficient (Wildman–Crippen LogP) is 6.03. The van der Waals surface area contributed by atoms with E-state index in [9.17, 15) is 14.7 Å². The minimum atomic E-state index is -0.812. The zero-order valence-corrected chi connectivity index (χ0v) is 29.2. The molecule has 8 rings (SSSR count). The zero-order valence-electron chi connectivity index (χ0n) is 28.4. The fourth-order valence-corrected chi connectivity index (χ4v) is 8.72. The van der Waals surface area contributed by atoms with Crippen LogP contribution in [-0.2, 0) is 4.79 Å². The monoisotopic (exact) mass is 699 g/mol. The molecule has 0 aliphatic carbocycles. The lowest BCUT2D eigenvalue weighted by Crippen LogP contribution is -2.49. The van der Waals surface area contributed by atoms with Gasteiger partial charge in [-0.3, -0.25) is 14.0 Å². The molecule has 2 aromatic heterocycles. The summed E-state index contributed by atoms with van der Waals surface area (Å²) in [6, 6.07) is 17.5. The summed E-state index contributed by atoms with van der Waals surface area (Å²) >= 11 is 6.46. The maximum absolute atomic E-state index is 15.3. The van der Waals surface area contributed by atoms with E-state index in [0.717, 1.165) is 74.0 Å². The van der Waals surface area contributed by atoms with Crippen LogP contribution in [0.1, 0.15) is 69.9 Å². The number of fused-ring (bicyclic) bond motifs is 5. The number of likely N-dealkylation sites (tertiary alicyclic amines) is 1. The molecule has 0 bridgehead atoms. The first-order chi connectivity index (χ1) is 24.2. The highest BCUT2D eigenvalue weighted by Gasteiger charge is 2.31. The number of carbonyl (C=O) groups excluding carboxylic acids is 1. The number of hydrogen-bond donors (Lipinski definition) is 3. The summed E-state index contributed by atoms with van der Waals surface area (Å²) in [7, 11) is 0. The van der Waals surface area contributed by atoms with E-state index >= 15 is 4.39 Å². The van der Waals surface area contributed by atoms with Gasteiger partial charge in [0.1, 0.15) is 18.1 Å². The fraction of sp³-hybridized carbons (Fsp3) is 0.447. The van der Waals surface area contributed by atoms with Crippen molar-refractivity contribution in [2.75, 3.05) is 36.4 Å². The van der Waals surface area contributed by atoms with E-state index in [1.165, 1.54) is 11.8 Å². The molecule has 3 fully saturated rings. The number of aliphatic hydroxyl groups excluding tert-OH is 1. The molecular weight excluding hydrogens is 657 g/mol. The van der Waals surface area contributed by atoms with E-state index in [-0.39, 0.29) is 29.2 Å². The minimum absolute atomic E-state index is 0.0960. The van der Waals surface area contributed by atoms with E-state index in [4.69, 9.17) is 11.6 Å². The molecule has 3 aromatic carbocycles. The molecule has 2 atom stereocenters. The SMILES string of the molecule is CC(C)n1c2cc(N3CCC(N4CCC(c5ccc(NC6CCC(O)NC6=O)cc5F)CC4)CC3)ccc2n2c3cccc(Cl)c3c(=O)nc12. The number of nitrogens with zero attached hydrogens (tertiary/aromatic N) is 5. The Bertz CT molecular complexity index is 2150. The summed E-state index contributed by atoms with van der Waals surface area (Å²) in [6.45, 7) is 8.03. The third-order valence-electron chi connectivity index (χ3n) is 11.1. The quantitative estimate of drug-likeness (QED) is 0.199. The summed E-state index contributed by atoms with van der Waals surface area (Å²) in [5.74, 6) is 0.299. The van der Waals surface area contributed by atoms with Crippen LogP contribution in [0.4, 0.5) is 15.8 Å². The number of aliphatic hydroxyl groups is 1. The standard InChI is InChI=1S/C38H43ClFN7O3/c1-22(2)46-33-21-26(7-10-31(33)47-32-5-3-4-28(39)35(32)37(50)43-38(46)47)45-18-14-25(15-19-45)44-16-12-23(13-17-44)27-8-6-24(20-29(27)40)41-30-9-11-34(48)42-36(30)49/h3-8,10,20-23,25,30,34,41,48H,9,11-19H2,1-2H3,(H,42,49). The summed E-state index contributed by atoms with van der Waals surface area (Å²) < 4.78 is 19.5. The van der Waals surface area contributed by atoms with Gasteiger partial charge in [-0.1, -0.05) is 23.7 Å². The van der Waals surface area contributed by atoms with Crippen LogP contribution < -0.4 is 21.1 Å². The molecule has 0 spiro atoms. The van der Waals surface area contributed by atoms with Crippen LogP contribution in [0.5, 0.6) is 0 Å². The van der Waals surface area contributed by atoms with E-state index in [0.29, 0.717) is 40.8 Å². The number of halogens is 2. The number of carbonyl (C=O) groups is 1. The van der Waals surface area contributed by atoms with Crippen LogP contribution >= 0.6 is 11.6 Å². The van der Waals surface area contributed by atoms with Gasteiger partial charge in [0.15, 0.2) is 0 Å². The molecule has 262 valence electrons. The zero-order chi connectivity index (χ0) is 34.7. The third kappa shape index (κ3) is 5.88. The highest BCUT2D eigenvalue weighted by molar-refractivity contribution is 6.35. The summed E-state index contributed by atoms with van der Waals surface area (Å²) in [4.78, 5) is 34.8. The van der Waals surface area contributed by atoms with Gasteiger partial charge >= 0.3 is 0 Å². The first-order valence-corrected chi connectivity index (χ1v) is 18.2. The van der Waals surface area contributed by atoms with Crippen LogP contribution in [-0.4, -0.2) is 74.4 Å². The van der Waals surface area contributed by atoms with E-state index < -0.39 is 12.3 Å². The van der Waals surface area contributed by atoms with Gasteiger partial charge in [-0.25, -0.2) is 4.39 Å². The van der Waals surface area contributed by atoms with Crippen LogP contribution in [0.25, 0.3) is 27.7 Å². The molecule has 10 nitrogen and oxygen atoms in total. The van der Waals surface area contributed by atoms with Crippen molar-refractivity contribution in [2.24, 2.45) is 0 Å². The second-order valence-electron chi connectivity index (χ2n) is 14.4. The second kappa shape index (κ2) is 13.2. The molecule has 5 heterocycles. The van der Waals surface area contributed by atoms with Crippen molar-refractivity contribution >= 4 is 56.6 Å². The Morgan fingerprint density at radius 2 is 1.70 bits per heavy atom. The predicted molar refractivity (Wildman–Crippen MR) is 196 cm³/mol. The summed E-state index contributed by atoms with van der Waals surface area (Å²) in [5, 5.41) is 16.1. The van der Waals surface area contributed by atoms with Crippen molar-refractivity contribution in [1.29, 1.82) is 0 Å². The lowest BCUT2D eigenvalue weighted by molar-refractivity contribution is -0.127. The van der Waals surface area contributed by atoms with Crippen LogP contribution in [0, 0.1) is 5.82 Å². The number of piperidine rings is 3. The first-order valence-electron chi connectivity index (χ1n) is 17.8. The number of benzene rings is 3. The molecule has 5 aromatic rings. The average Bonchev–Trinajstić information content (AvgIpc) is 3.43. The lowest BCUT2D eigenvalue weighted by Gasteiger charge is -2.42. The van der Waals surface area contributed by atoms with Gasteiger partial charge < -0.3 is 30.1 Å². The Hall–Kier alpha value is -4.19. The number of rotatable bonds is 6. The molecule has 1 amide bonds. The molecular formula is C38H43ClFN7O3. The minimum Gasteiger partial charge on any atom is -0.374 e. The van der Waals surface area contributed by atoms with Gasteiger partial charge in [0, 0.05) is 36.5 Å². The van der Waals surface area contributed by atoms with Crippen LogP contribution in [0.15, 0.2) is 59.4 Å². The van der Waals surface area contributed by atoms with Crippen LogP contribution in [0.2, 0.25) is 5.02 Å². The molecule has 3 N–H and O–H groups in total. The molecule has 3 aliphatic rings. The van der Waals surface area contributed by atoms with Gasteiger partial charge in [0.05, 0.1) is 27.0 Å². The van der Waals surface area contributed by atoms with Crippen molar-refractivity contribution in [2.45, 2.75) is 82.6 Å². The highest BCUT2D eigenvalue weighted by atomic mass is 35.5. The number of anilines is 2. The van der Waals surface area contributed by atoms with Crippen molar-refractivity contribution in [3.63, 3.8) is 0 Å². The molecule has 3 aliphatic heterocycles. The normalized spacial score (nSPS) is 21.5. The number of amides is 1. The summed E-state index contributed by atoms with van der Waals surface area (Å²) in [6.07, 6.45) is 4.12. The van der Waals surface area contributed by atoms with E-state index in [2.05, 4.69) is 66.4 Å². The molecule has 0 radical (unpaired) electrons. The fourth-order valence-electron chi connectivity index (χ4n) is 8.47. The van der Waals surface area contributed by atoms with Crippen molar-refractivity contribution < 1.29 is 14.3 Å². The van der Waals surface area contributed by atoms with Crippen molar-refractivity contribution in [3.05, 3.63) is 81.4 Å². The first kappa shape index (κ1) is 33.0. The van der Waals surface area contributed by atoms with Gasteiger partial charge in [0.25, 0.3) is 5.56 Å². The number of hydrogen-bond acceptors (Lipinski definition) is 7. The van der Waals surface area contributed by atoms with Gasteiger partial charge in [-0.15, -0.1) is 0 Å². The molecule has 0 saturated carbocycles. The Kier molecular flexibility index (Phi) is 8.69. The van der Waals surface area contributed by atoms with Crippen molar-refractivity contribution in [1.82, 2.24) is 24.2 Å². The largest absolute Gasteiger partial charge is 0.374 e. The summed E-state index contributed by atoms with van der Waals surface area (Å²) in [5.41, 5.74) is 4.98. The third-order valence-corrected chi connectivity index (χ3v) is 11.4. The number of nitrogens with one attached hydrogen (secondary N) is 2. The number of imidazole rings is 1. The molecule has 50 heavy (non-hydrogen) atoms. The highest BCUT2D eigenvalue weighted by Crippen LogP contribution is 2.35. The van der Waals surface area contributed by atoms with Crippen LogP contribution in [0.3, 0.4) is 0 Å². The molecule has 12 heteroatoms. The topological polar surface area (TPSA) is 107 Å². The smallest absolute Gasteiger partial charge is 0.283 e. The second-order valence-corrected chi connectivity index (χ2v) is 14.8. The van der Waals surface area contributed by atoms with E-state index in [1.54, 1.807) is 6.07 Å². The Balaban J connectivity index is 0.925. The maximum atomic E-state index is 15.3. The van der Waals surface area contributed by atoms with E-state index in [1.807, 2.05) is 24.3 Å². The Morgan fingerprint density at radius 1 is 0.920 bits per heavy atom. The Morgan fingerprint density at radius 3 is 2.42 bits per heavy atom. The molecule has 2 unspecified atom stereocenters. The Labute approximate surface area is 294 Å². The average molecular weight is 700 g/mol. The van der Waals surface area contributed by atoms with Gasteiger partial charge in [0.2, 0.25) is 11.7 Å². The maximum Gasteiger partial charge on any atom is 0.283 e. The van der Waals surface area contributed by atoms with Gasteiger partial charge in [-0.05, 0) is 119 Å². The molecule has 3 saturated heterocycles. The number of aromatic nitrogens is 3. The lowest BCUT2D eigenvalue weighted by atomic mass is 9.87.